The van der Waals surface area contributed by atoms with E-state index in [0.717, 1.165) is 27.2 Å². The zero-order valence-electron chi connectivity index (χ0n) is 16.3. The lowest BCUT2D eigenvalue weighted by molar-refractivity contribution is 0.390. The third-order valence-electron chi connectivity index (χ3n) is 4.85. The van der Waals surface area contributed by atoms with Crippen LogP contribution in [-0.4, -0.2) is 25.3 Å². The van der Waals surface area contributed by atoms with E-state index in [0.29, 0.717) is 30.0 Å². The number of halogens is 1. The summed E-state index contributed by atoms with van der Waals surface area (Å²) in [6.45, 7) is 2.35. The van der Waals surface area contributed by atoms with Crippen molar-refractivity contribution in [2.75, 3.05) is 10.6 Å². The second kappa shape index (κ2) is 7.91. The second-order valence-electron chi connectivity index (χ2n) is 7.34. The van der Waals surface area contributed by atoms with E-state index in [1.165, 1.54) is 18.5 Å². The van der Waals surface area contributed by atoms with Gasteiger partial charge < -0.3 is 15.2 Å². The molecule has 152 valence electrons. The molecule has 5 rings (SSSR count). The minimum atomic E-state index is 0.425. The van der Waals surface area contributed by atoms with Crippen LogP contribution in [0.15, 0.2) is 51.5 Å². The zero-order chi connectivity index (χ0) is 20.5. The van der Waals surface area contributed by atoms with Crippen molar-refractivity contribution in [3.8, 4) is 11.3 Å². The number of nitrogens with zero attached hydrogens (tertiary/aromatic N) is 4. The van der Waals surface area contributed by atoms with Gasteiger partial charge in [-0.05, 0) is 25.8 Å². The number of aromatic nitrogens is 5. The maximum atomic E-state index is 5.46. The average molecular weight is 466 g/mol. The van der Waals surface area contributed by atoms with Gasteiger partial charge in [-0.1, -0.05) is 39.3 Å². The zero-order valence-corrected chi connectivity index (χ0v) is 17.9. The molecule has 1 aromatic carbocycles. The number of anilines is 3. The van der Waals surface area contributed by atoms with Crippen LogP contribution in [0.3, 0.4) is 0 Å². The van der Waals surface area contributed by atoms with Crippen molar-refractivity contribution in [2.45, 2.75) is 32.2 Å². The van der Waals surface area contributed by atoms with E-state index in [1.807, 2.05) is 49.4 Å². The van der Waals surface area contributed by atoms with E-state index in [1.54, 1.807) is 0 Å². The highest BCUT2D eigenvalue weighted by atomic mass is 79.9. The lowest BCUT2D eigenvalue weighted by Gasteiger charge is -2.07. The van der Waals surface area contributed by atoms with Crippen LogP contribution in [0.5, 0.6) is 0 Å². The first-order valence-electron chi connectivity index (χ1n) is 9.76. The molecule has 0 spiro atoms. The normalized spacial score (nSPS) is 13.4. The van der Waals surface area contributed by atoms with Gasteiger partial charge in [0.05, 0.1) is 6.54 Å². The van der Waals surface area contributed by atoms with Gasteiger partial charge in [0.25, 0.3) is 0 Å². The molecule has 8 nitrogen and oxygen atoms in total. The van der Waals surface area contributed by atoms with Crippen molar-refractivity contribution in [3.63, 3.8) is 0 Å². The monoisotopic (exact) mass is 465 g/mol. The fraction of sp³-hybridized carbons (Fsp3) is 0.238. The van der Waals surface area contributed by atoms with E-state index >= 15 is 0 Å². The fourth-order valence-corrected chi connectivity index (χ4v) is 3.69. The van der Waals surface area contributed by atoms with Gasteiger partial charge in [-0.15, -0.1) is 0 Å². The van der Waals surface area contributed by atoms with Gasteiger partial charge in [0.15, 0.2) is 11.6 Å². The molecule has 3 aromatic heterocycles. The predicted molar refractivity (Wildman–Crippen MR) is 118 cm³/mol. The van der Waals surface area contributed by atoms with Crippen LogP contribution >= 0.6 is 15.9 Å². The van der Waals surface area contributed by atoms with Crippen LogP contribution in [0.4, 0.5) is 17.6 Å². The van der Waals surface area contributed by atoms with Gasteiger partial charge >= 0.3 is 0 Å². The summed E-state index contributed by atoms with van der Waals surface area (Å²) in [6, 6.07) is 13.7. The number of benzene rings is 1. The number of hydrogen-bond donors (Lipinski definition) is 3. The molecular formula is C21H20BrN7O. The Morgan fingerprint density at radius 3 is 2.83 bits per heavy atom. The number of aryl methyl sites for hydroxylation is 1. The van der Waals surface area contributed by atoms with Gasteiger partial charge in [-0.3, -0.25) is 5.10 Å². The summed E-state index contributed by atoms with van der Waals surface area (Å²) < 4.78 is 6.44. The Labute approximate surface area is 181 Å². The first-order chi connectivity index (χ1) is 14.6. The topological polar surface area (TPSA) is 105 Å². The fourth-order valence-electron chi connectivity index (χ4n) is 3.21. The summed E-state index contributed by atoms with van der Waals surface area (Å²) in [5.74, 6) is 3.27. The van der Waals surface area contributed by atoms with Crippen LogP contribution < -0.4 is 10.6 Å². The third kappa shape index (κ3) is 4.20. The molecule has 3 heterocycles. The van der Waals surface area contributed by atoms with Crippen LogP contribution in [0.1, 0.15) is 35.9 Å². The molecular weight excluding hydrogens is 446 g/mol. The van der Waals surface area contributed by atoms with E-state index < -0.39 is 0 Å². The molecule has 1 aliphatic carbocycles. The van der Waals surface area contributed by atoms with Crippen molar-refractivity contribution in [2.24, 2.45) is 0 Å². The number of H-pyrrole nitrogens is 1. The first-order valence-corrected chi connectivity index (χ1v) is 10.6. The van der Waals surface area contributed by atoms with Gasteiger partial charge in [0.1, 0.15) is 11.5 Å². The van der Waals surface area contributed by atoms with E-state index in [4.69, 9.17) is 4.52 Å². The number of hydrogen-bond acceptors (Lipinski definition) is 7. The standard InChI is InChI=1S/C21H20BrN7O/c1-12-8-19(25-20-10-17(27-28-20)13-6-7-13)26-21(24-12)23-11-14-9-18(29-30-14)15-4-2-3-5-16(15)22/h2-5,8-10,13H,6-7,11H2,1H3,(H3,23,24,25,26,27,28). The molecule has 4 aromatic rings. The first kappa shape index (κ1) is 18.8. The Morgan fingerprint density at radius 2 is 2.00 bits per heavy atom. The van der Waals surface area contributed by atoms with Gasteiger partial charge in [-0.25, -0.2) is 4.98 Å². The van der Waals surface area contributed by atoms with E-state index in [9.17, 15) is 0 Å². The molecule has 0 radical (unpaired) electrons. The molecule has 1 saturated carbocycles. The Bertz CT molecular complexity index is 1180. The average Bonchev–Trinajstić information content (AvgIpc) is 3.29. The van der Waals surface area contributed by atoms with Crippen LogP contribution in [0.25, 0.3) is 11.3 Å². The number of aromatic amines is 1. The van der Waals surface area contributed by atoms with Crippen molar-refractivity contribution in [1.29, 1.82) is 0 Å². The van der Waals surface area contributed by atoms with Crippen LogP contribution in [0, 0.1) is 6.92 Å². The quantitative estimate of drug-likeness (QED) is 0.346. The molecule has 0 saturated heterocycles. The summed E-state index contributed by atoms with van der Waals surface area (Å²) in [5, 5.41) is 18.0. The third-order valence-corrected chi connectivity index (χ3v) is 5.55. The van der Waals surface area contributed by atoms with E-state index in [2.05, 4.69) is 51.9 Å². The highest BCUT2D eigenvalue weighted by Gasteiger charge is 2.25. The van der Waals surface area contributed by atoms with Crippen molar-refractivity contribution in [1.82, 2.24) is 25.3 Å². The predicted octanol–water partition coefficient (Wildman–Crippen LogP) is 5.16. The Balaban J connectivity index is 1.26. The molecule has 1 fully saturated rings. The summed E-state index contributed by atoms with van der Waals surface area (Å²) >= 11 is 3.54. The van der Waals surface area contributed by atoms with Crippen molar-refractivity contribution >= 4 is 33.5 Å². The van der Waals surface area contributed by atoms with Crippen molar-refractivity contribution in [3.05, 3.63) is 64.1 Å². The minimum Gasteiger partial charge on any atom is -0.359 e. The smallest absolute Gasteiger partial charge is 0.225 e. The van der Waals surface area contributed by atoms with Gasteiger partial charge in [0, 0.05) is 45.5 Å². The molecule has 1 aliphatic rings. The highest BCUT2D eigenvalue weighted by Crippen LogP contribution is 2.39. The van der Waals surface area contributed by atoms with Gasteiger partial charge in [-0.2, -0.15) is 10.1 Å². The summed E-state index contributed by atoms with van der Waals surface area (Å²) in [4.78, 5) is 8.99. The van der Waals surface area contributed by atoms with Crippen LogP contribution in [0.2, 0.25) is 0 Å². The minimum absolute atomic E-state index is 0.425. The largest absolute Gasteiger partial charge is 0.359 e. The summed E-state index contributed by atoms with van der Waals surface area (Å²) in [6.07, 6.45) is 2.46. The maximum absolute atomic E-state index is 5.46. The Morgan fingerprint density at radius 1 is 1.13 bits per heavy atom. The molecule has 0 bridgehead atoms. The Kier molecular flexibility index (Phi) is 4.96. The SMILES string of the molecule is Cc1cc(Nc2cc(C3CC3)[nH]n2)nc(NCc2cc(-c3ccccc3Br)no2)n1. The lowest BCUT2D eigenvalue weighted by Crippen LogP contribution is -2.06. The van der Waals surface area contributed by atoms with Gasteiger partial charge in [0.2, 0.25) is 5.95 Å². The lowest BCUT2D eigenvalue weighted by atomic mass is 10.1. The molecule has 30 heavy (non-hydrogen) atoms. The molecule has 0 atom stereocenters. The molecule has 0 amide bonds. The second-order valence-corrected chi connectivity index (χ2v) is 8.19. The molecule has 0 unspecified atom stereocenters. The number of rotatable bonds is 7. The Hall–Kier alpha value is -3.20. The van der Waals surface area contributed by atoms with E-state index in [-0.39, 0.29) is 0 Å². The summed E-state index contributed by atoms with van der Waals surface area (Å²) in [5.41, 5.74) is 3.78. The number of nitrogens with one attached hydrogen (secondary N) is 3. The van der Waals surface area contributed by atoms with Crippen LogP contribution in [-0.2, 0) is 6.54 Å². The maximum Gasteiger partial charge on any atom is 0.225 e. The highest BCUT2D eigenvalue weighted by molar-refractivity contribution is 9.10. The van der Waals surface area contributed by atoms with Crippen molar-refractivity contribution < 1.29 is 4.52 Å². The summed E-state index contributed by atoms with van der Waals surface area (Å²) in [7, 11) is 0. The molecule has 0 aliphatic heterocycles. The molecule has 3 N–H and O–H groups in total. The molecule has 9 heteroatoms.